The third-order valence-corrected chi connectivity index (χ3v) is 9.02. The van der Waals surface area contributed by atoms with Crippen LogP contribution >= 0.6 is 0 Å². The third kappa shape index (κ3) is 2.20. The molecule has 0 saturated heterocycles. The summed E-state index contributed by atoms with van der Waals surface area (Å²) in [6, 6.07) is 0. The van der Waals surface area contributed by atoms with Gasteiger partial charge in [0.1, 0.15) is 16.3 Å². The van der Waals surface area contributed by atoms with Gasteiger partial charge in [-0.15, -0.1) is 0 Å². The van der Waals surface area contributed by atoms with E-state index >= 15 is 0 Å². The van der Waals surface area contributed by atoms with Gasteiger partial charge in [-0.3, -0.25) is 4.79 Å². The summed E-state index contributed by atoms with van der Waals surface area (Å²) in [5, 5.41) is 0. The van der Waals surface area contributed by atoms with Gasteiger partial charge < -0.3 is 4.43 Å². The van der Waals surface area contributed by atoms with Gasteiger partial charge in [0.2, 0.25) is 0 Å². The second-order valence-electron chi connectivity index (χ2n) is 9.27. The van der Waals surface area contributed by atoms with Crippen LogP contribution in [-0.4, -0.2) is 22.4 Å². The zero-order chi connectivity index (χ0) is 17.1. The standard InChI is InChI=1S/C21H32O2Si/c1-13(22)17-6-7-18-16-5-4-14-12-15(23-24)8-10-20(14,2)19(16)9-11-21(17,18)3/h4-5,15,17-19H,6-12H2,1-3,24H3/t15-,17+,18-,19-,20-,21+/m0/s1. The van der Waals surface area contributed by atoms with Crippen LogP contribution in [0.15, 0.2) is 23.3 Å². The number of carbonyl (C=O) groups excluding carboxylic acids is 1. The number of hydrogen-bond acceptors (Lipinski definition) is 2. The van der Waals surface area contributed by atoms with E-state index in [-0.39, 0.29) is 11.3 Å². The maximum absolute atomic E-state index is 12.2. The summed E-state index contributed by atoms with van der Waals surface area (Å²) in [4.78, 5) is 12.2. The number of allylic oxidation sites excluding steroid dienone is 3. The number of ketones is 1. The zero-order valence-electron chi connectivity index (χ0n) is 15.7. The van der Waals surface area contributed by atoms with E-state index in [1.165, 1.54) is 32.1 Å². The highest BCUT2D eigenvalue weighted by Crippen LogP contribution is 2.65. The molecule has 132 valence electrons. The van der Waals surface area contributed by atoms with Gasteiger partial charge in [0.05, 0.1) is 0 Å². The highest BCUT2D eigenvalue weighted by molar-refractivity contribution is 5.98. The molecule has 3 heteroatoms. The van der Waals surface area contributed by atoms with Crippen molar-refractivity contribution in [3.63, 3.8) is 0 Å². The Labute approximate surface area is 149 Å². The lowest BCUT2D eigenvalue weighted by Gasteiger charge is -2.54. The summed E-state index contributed by atoms with van der Waals surface area (Å²) in [6.07, 6.45) is 13.8. The maximum atomic E-state index is 12.2. The molecule has 2 nitrogen and oxygen atoms in total. The Morgan fingerprint density at radius 1 is 1.12 bits per heavy atom. The Morgan fingerprint density at radius 3 is 2.62 bits per heavy atom. The summed E-state index contributed by atoms with van der Waals surface area (Å²) in [7, 11) is 0.850. The molecule has 0 heterocycles. The van der Waals surface area contributed by atoms with Crippen LogP contribution in [0.25, 0.3) is 0 Å². The van der Waals surface area contributed by atoms with Crippen molar-refractivity contribution >= 4 is 16.3 Å². The van der Waals surface area contributed by atoms with Crippen LogP contribution in [0.1, 0.15) is 65.7 Å². The van der Waals surface area contributed by atoms with E-state index in [9.17, 15) is 4.79 Å². The molecule has 4 aliphatic carbocycles. The molecule has 0 spiro atoms. The van der Waals surface area contributed by atoms with Crippen LogP contribution in [0, 0.1) is 28.6 Å². The van der Waals surface area contributed by atoms with Crippen LogP contribution in [0.4, 0.5) is 0 Å². The van der Waals surface area contributed by atoms with Crippen LogP contribution < -0.4 is 0 Å². The number of Topliss-reactive ketones (excluding diaryl/α,β-unsaturated/α-hetero) is 1. The van der Waals surface area contributed by atoms with Gasteiger partial charge in [-0.05, 0) is 74.5 Å². The minimum Gasteiger partial charge on any atom is -0.425 e. The minimum absolute atomic E-state index is 0.213. The van der Waals surface area contributed by atoms with Gasteiger partial charge in [0.25, 0.3) is 0 Å². The van der Waals surface area contributed by atoms with Crippen molar-refractivity contribution in [2.45, 2.75) is 71.8 Å². The zero-order valence-corrected chi connectivity index (χ0v) is 17.7. The molecule has 24 heavy (non-hydrogen) atoms. The lowest BCUT2D eigenvalue weighted by molar-refractivity contribution is -0.124. The molecule has 0 aromatic carbocycles. The summed E-state index contributed by atoms with van der Waals surface area (Å²) in [5.74, 6) is 2.04. The van der Waals surface area contributed by atoms with E-state index in [0.717, 1.165) is 23.3 Å². The normalized spacial score (nSPS) is 47.3. The molecular formula is C21H32O2Si. The van der Waals surface area contributed by atoms with E-state index in [1.807, 2.05) is 6.92 Å². The molecule has 4 aliphatic rings. The van der Waals surface area contributed by atoms with Crippen LogP contribution in [0.2, 0.25) is 0 Å². The number of rotatable bonds is 2. The Morgan fingerprint density at radius 2 is 1.92 bits per heavy atom. The first-order valence-corrected chi connectivity index (χ1v) is 10.7. The molecule has 6 atom stereocenters. The Kier molecular flexibility index (Phi) is 3.96. The first-order chi connectivity index (χ1) is 11.4. The Hall–Kier alpha value is -0.673. The molecule has 0 aliphatic heterocycles. The quantitative estimate of drug-likeness (QED) is 0.713. The molecule has 0 N–H and O–H groups in total. The molecule has 0 aromatic rings. The minimum atomic E-state index is 0.213. The van der Waals surface area contributed by atoms with Crippen LogP contribution in [0.3, 0.4) is 0 Å². The van der Waals surface area contributed by atoms with E-state index in [4.69, 9.17) is 4.43 Å². The number of carbonyl (C=O) groups is 1. The maximum Gasteiger partial charge on any atom is 0.146 e. The monoisotopic (exact) mass is 344 g/mol. The molecule has 0 radical (unpaired) electrons. The molecule has 0 amide bonds. The second kappa shape index (κ2) is 5.67. The fraction of sp³-hybridized carbons (Fsp3) is 0.762. The van der Waals surface area contributed by atoms with Gasteiger partial charge in [0, 0.05) is 12.0 Å². The SMILES string of the molecule is CC(=O)[C@H]1CC[C@H]2C3=CC=C4C[C@@H](O[SiH3])CC[C@]4(C)[C@H]3CC[C@]12C. The predicted octanol–water partition coefficient (Wildman–Crippen LogP) is 3.74. The van der Waals surface area contributed by atoms with Gasteiger partial charge >= 0.3 is 0 Å². The summed E-state index contributed by atoms with van der Waals surface area (Å²) in [6.45, 7) is 6.73. The van der Waals surface area contributed by atoms with E-state index < -0.39 is 0 Å². The molecule has 3 saturated carbocycles. The molecule has 0 bridgehead atoms. The first kappa shape index (κ1) is 16.8. The summed E-state index contributed by atoms with van der Waals surface area (Å²) in [5.41, 5.74) is 3.87. The molecule has 0 unspecified atom stereocenters. The smallest absolute Gasteiger partial charge is 0.146 e. The average Bonchev–Trinajstić information content (AvgIpc) is 2.91. The molecular weight excluding hydrogens is 312 g/mol. The molecule has 0 aromatic heterocycles. The topological polar surface area (TPSA) is 26.3 Å². The predicted molar refractivity (Wildman–Crippen MR) is 101 cm³/mol. The molecule has 3 fully saturated rings. The first-order valence-electron chi connectivity index (χ1n) is 9.84. The van der Waals surface area contributed by atoms with E-state index in [1.54, 1.807) is 11.1 Å². The highest BCUT2D eigenvalue weighted by Gasteiger charge is 2.57. The highest BCUT2D eigenvalue weighted by atomic mass is 28.2. The third-order valence-electron chi connectivity index (χ3n) is 8.35. The fourth-order valence-corrected chi connectivity index (χ4v) is 7.24. The Bertz CT molecular complexity index is 621. The second-order valence-corrected chi connectivity index (χ2v) is 9.74. The van der Waals surface area contributed by atoms with Crippen molar-refractivity contribution in [1.29, 1.82) is 0 Å². The number of fused-ring (bicyclic) bond motifs is 5. The van der Waals surface area contributed by atoms with Gasteiger partial charge in [0.15, 0.2) is 0 Å². The van der Waals surface area contributed by atoms with Gasteiger partial charge in [-0.2, -0.15) is 0 Å². The van der Waals surface area contributed by atoms with Crippen molar-refractivity contribution in [3.05, 3.63) is 23.3 Å². The van der Waals surface area contributed by atoms with Gasteiger partial charge in [-0.25, -0.2) is 0 Å². The number of hydrogen-bond donors (Lipinski definition) is 0. The van der Waals surface area contributed by atoms with Gasteiger partial charge in [-0.1, -0.05) is 37.1 Å². The van der Waals surface area contributed by atoms with Crippen molar-refractivity contribution in [3.8, 4) is 0 Å². The Balaban J connectivity index is 1.69. The largest absolute Gasteiger partial charge is 0.425 e. The lowest BCUT2D eigenvalue weighted by Crippen LogP contribution is -2.46. The van der Waals surface area contributed by atoms with Crippen molar-refractivity contribution in [2.75, 3.05) is 0 Å². The summed E-state index contributed by atoms with van der Waals surface area (Å²) >= 11 is 0. The summed E-state index contributed by atoms with van der Waals surface area (Å²) < 4.78 is 5.79. The van der Waals surface area contributed by atoms with Crippen LogP contribution in [0.5, 0.6) is 0 Å². The lowest BCUT2D eigenvalue weighted by atomic mass is 9.50. The average molecular weight is 345 g/mol. The van der Waals surface area contributed by atoms with Crippen molar-refractivity contribution in [1.82, 2.24) is 0 Å². The van der Waals surface area contributed by atoms with Crippen molar-refractivity contribution in [2.24, 2.45) is 28.6 Å². The van der Waals surface area contributed by atoms with Crippen LogP contribution in [-0.2, 0) is 9.22 Å². The molecule has 4 rings (SSSR count). The van der Waals surface area contributed by atoms with Crippen molar-refractivity contribution < 1.29 is 9.22 Å². The fourth-order valence-electron chi connectivity index (χ4n) is 6.84. The van der Waals surface area contributed by atoms with E-state index in [0.29, 0.717) is 29.1 Å². The van der Waals surface area contributed by atoms with E-state index in [2.05, 4.69) is 26.0 Å².